The van der Waals surface area contributed by atoms with Gasteiger partial charge in [0, 0.05) is 10.4 Å². The van der Waals surface area contributed by atoms with E-state index >= 15 is 0 Å². The largest absolute Gasteiger partial charge is 0.493 e. The third-order valence-electron chi connectivity index (χ3n) is 3.75. The Bertz CT molecular complexity index is 611. The van der Waals surface area contributed by atoms with Crippen molar-refractivity contribution in [3.05, 3.63) is 50.7 Å². The second kappa shape index (κ2) is 6.82. The Morgan fingerprint density at radius 1 is 1.33 bits per heavy atom. The van der Waals surface area contributed by atoms with E-state index in [0.29, 0.717) is 0 Å². The number of ether oxygens (including phenoxy) is 1. The van der Waals surface area contributed by atoms with E-state index < -0.39 is 0 Å². The minimum absolute atomic E-state index is 0.163. The lowest BCUT2D eigenvalue weighted by atomic mass is 9.97. The number of hydrogen-bond acceptors (Lipinski definition) is 3. The highest BCUT2D eigenvalue weighted by Crippen LogP contribution is 2.38. The zero-order valence-electron chi connectivity index (χ0n) is 12.2. The van der Waals surface area contributed by atoms with Gasteiger partial charge < -0.3 is 10.1 Å². The number of hydrogen-bond donors (Lipinski definition) is 1. The summed E-state index contributed by atoms with van der Waals surface area (Å²) in [5.74, 6) is 1.07. The van der Waals surface area contributed by atoms with Crippen LogP contribution in [0.2, 0.25) is 4.34 Å². The lowest BCUT2D eigenvalue weighted by Gasteiger charge is -2.25. The van der Waals surface area contributed by atoms with Crippen molar-refractivity contribution in [3.8, 4) is 5.75 Å². The van der Waals surface area contributed by atoms with Crippen LogP contribution in [0.5, 0.6) is 5.75 Å². The van der Waals surface area contributed by atoms with E-state index in [1.807, 2.05) is 6.07 Å². The van der Waals surface area contributed by atoms with E-state index in [4.69, 9.17) is 16.3 Å². The fourth-order valence-electron chi connectivity index (χ4n) is 2.78. The van der Waals surface area contributed by atoms with E-state index in [0.717, 1.165) is 42.5 Å². The van der Waals surface area contributed by atoms with Gasteiger partial charge >= 0.3 is 0 Å². The summed E-state index contributed by atoms with van der Waals surface area (Å²) in [6.45, 7) is 3.97. The standard InChI is InChI=1S/C17H20ClNOS/c1-2-10-19-16(14-8-9-15(18)21-14)13-7-3-5-12-6-4-11-20-17(12)13/h3,5,7-9,16,19H,2,4,6,10-11H2,1H3. The van der Waals surface area contributed by atoms with Crippen LogP contribution in [0.25, 0.3) is 0 Å². The van der Waals surface area contributed by atoms with Crippen LogP contribution in [-0.4, -0.2) is 13.2 Å². The zero-order chi connectivity index (χ0) is 14.7. The molecule has 2 nitrogen and oxygen atoms in total. The van der Waals surface area contributed by atoms with Gasteiger partial charge in [0.25, 0.3) is 0 Å². The predicted molar refractivity (Wildman–Crippen MR) is 89.7 cm³/mol. The molecular weight excluding hydrogens is 302 g/mol. The number of aryl methyl sites for hydroxylation is 1. The average molecular weight is 322 g/mol. The van der Waals surface area contributed by atoms with Gasteiger partial charge in [-0.3, -0.25) is 0 Å². The summed E-state index contributed by atoms with van der Waals surface area (Å²) < 4.78 is 6.81. The molecule has 1 aromatic heterocycles. The summed E-state index contributed by atoms with van der Waals surface area (Å²) in [6.07, 6.45) is 3.31. The molecule has 2 aromatic rings. The summed E-state index contributed by atoms with van der Waals surface area (Å²) in [4.78, 5) is 1.25. The number of nitrogens with one attached hydrogen (secondary N) is 1. The Morgan fingerprint density at radius 2 is 2.24 bits per heavy atom. The molecule has 1 unspecified atom stereocenters. The monoisotopic (exact) mass is 321 g/mol. The molecule has 2 heterocycles. The molecule has 3 rings (SSSR count). The van der Waals surface area contributed by atoms with Gasteiger partial charge in [0.2, 0.25) is 0 Å². The molecule has 0 fully saturated rings. The number of rotatable bonds is 5. The minimum atomic E-state index is 0.163. The molecule has 0 saturated carbocycles. The first kappa shape index (κ1) is 14.9. The zero-order valence-corrected chi connectivity index (χ0v) is 13.8. The number of benzene rings is 1. The molecule has 0 radical (unpaired) electrons. The first-order chi connectivity index (χ1) is 10.3. The summed E-state index contributed by atoms with van der Waals surface area (Å²) in [6, 6.07) is 10.7. The van der Waals surface area contributed by atoms with Crippen molar-refractivity contribution in [1.82, 2.24) is 5.32 Å². The summed E-state index contributed by atoms with van der Waals surface area (Å²) in [7, 11) is 0. The van der Waals surface area contributed by atoms with Gasteiger partial charge in [-0.25, -0.2) is 0 Å². The maximum atomic E-state index is 6.13. The molecule has 112 valence electrons. The van der Waals surface area contributed by atoms with Crippen molar-refractivity contribution in [2.75, 3.05) is 13.2 Å². The summed E-state index contributed by atoms with van der Waals surface area (Å²) in [5.41, 5.74) is 2.56. The van der Waals surface area contributed by atoms with Crippen LogP contribution in [0.3, 0.4) is 0 Å². The van der Waals surface area contributed by atoms with E-state index in [9.17, 15) is 0 Å². The van der Waals surface area contributed by atoms with Crippen molar-refractivity contribution < 1.29 is 4.74 Å². The quantitative estimate of drug-likeness (QED) is 0.852. The van der Waals surface area contributed by atoms with Gasteiger partial charge in [0.15, 0.2) is 0 Å². The molecule has 1 aromatic carbocycles. The second-order valence-corrected chi connectivity index (χ2v) is 7.06. The second-order valence-electron chi connectivity index (χ2n) is 5.32. The van der Waals surface area contributed by atoms with Gasteiger partial charge in [0.05, 0.1) is 17.0 Å². The fourth-order valence-corrected chi connectivity index (χ4v) is 3.93. The number of para-hydroxylation sites is 1. The highest BCUT2D eigenvalue weighted by Gasteiger charge is 2.23. The number of halogens is 1. The van der Waals surface area contributed by atoms with Crippen LogP contribution in [0.4, 0.5) is 0 Å². The van der Waals surface area contributed by atoms with Gasteiger partial charge in [-0.2, -0.15) is 0 Å². The third-order valence-corrected chi connectivity index (χ3v) is 5.05. The molecule has 21 heavy (non-hydrogen) atoms. The summed E-state index contributed by atoms with van der Waals surface area (Å²) in [5, 5.41) is 3.64. The molecule has 1 atom stereocenters. The predicted octanol–water partition coefficient (Wildman–Crippen LogP) is 4.82. The highest BCUT2D eigenvalue weighted by molar-refractivity contribution is 7.16. The molecule has 0 spiro atoms. The van der Waals surface area contributed by atoms with E-state index in [-0.39, 0.29) is 6.04 Å². The van der Waals surface area contributed by atoms with Crippen LogP contribution in [0, 0.1) is 0 Å². The average Bonchev–Trinajstić information content (AvgIpc) is 2.94. The van der Waals surface area contributed by atoms with Crippen LogP contribution in [0.1, 0.15) is 41.8 Å². The lowest BCUT2D eigenvalue weighted by Crippen LogP contribution is -2.24. The minimum Gasteiger partial charge on any atom is -0.493 e. The van der Waals surface area contributed by atoms with Crippen LogP contribution < -0.4 is 10.1 Å². The molecular formula is C17H20ClNOS. The highest BCUT2D eigenvalue weighted by atomic mass is 35.5. The molecule has 0 saturated heterocycles. The van der Waals surface area contributed by atoms with Crippen molar-refractivity contribution in [1.29, 1.82) is 0 Å². The molecule has 1 aliphatic rings. The van der Waals surface area contributed by atoms with Gasteiger partial charge in [-0.1, -0.05) is 36.7 Å². The van der Waals surface area contributed by atoms with Crippen molar-refractivity contribution in [2.45, 2.75) is 32.2 Å². The van der Waals surface area contributed by atoms with Crippen molar-refractivity contribution >= 4 is 22.9 Å². The Morgan fingerprint density at radius 3 is 3.00 bits per heavy atom. The first-order valence-corrected chi connectivity index (χ1v) is 8.72. The molecule has 4 heteroatoms. The van der Waals surface area contributed by atoms with E-state index in [2.05, 4.69) is 36.5 Å². The summed E-state index contributed by atoms with van der Waals surface area (Å²) >= 11 is 7.77. The van der Waals surface area contributed by atoms with Crippen LogP contribution in [0.15, 0.2) is 30.3 Å². The van der Waals surface area contributed by atoms with Crippen molar-refractivity contribution in [3.63, 3.8) is 0 Å². The van der Waals surface area contributed by atoms with E-state index in [1.54, 1.807) is 11.3 Å². The van der Waals surface area contributed by atoms with E-state index in [1.165, 1.54) is 16.0 Å². The molecule has 0 aliphatic carbocycles. The molecule has 0 amide bonds. The molecule has 1 aliphatic heterocycles. The Hall–Kier alpha value is -1.03. The van der Waals surface area contributed by atoms with Gasteiger partial charge in [-0.05, 0) is 43.5 Å². The van der Waals surface area contributed by atoms with Gasteiger partial charge in [0.1, 0.15) is 5.75 Å². The topological polar surface area (TPSA) is 21.3 Å². The fraction of sp³-hybridized carbons (Fsp3) is 0.412. The maximum Gasteiger partial charge on any atom is 0.127 e. The number of thiophene rings is 1. The van der Waals surface area contributed by atoms with Crippen molar-refractivity contribution in [2.24, 2.45) is 0 Å². The molecule has 1 N–H and O–H groups in total. The SMILES string of the molecule is CCCNC(c1ccc(Cl)s1)c1cccc2c1OCCC2. The van der Waals surface area contributed by atoms with Crippen LogP contribution >= 0.6 is 22.9 Å². The Balaban J connectivity index is 2.00. The Kier molecular flexibility index (Phi) is 4.84. The lowest BCUT2D eigenvalue weighted by molar-refractivity contribution is 0.283. The smallest absolute Gasteiger partial charge is 0.127 e. The first-order valence-electron chi connectivity index (χ1n) is 7.52. The Labute approximate surface area is 135 Å². The normalized spacial score (nSPS) is 15.3. The number of fused-ring (bicyclic) bond motifs is 1. The van der Waals surface area contributed by atoms with Gasteiger partial charge in [-0.15, -0.1) is 11.3 Å². The third kappa shape index (κ3) is 3.25. The molecule has 0 bridgehead atoms. The maximum absolute atomic E-state index is 6.13. The van der Waals surface area contributed by atoms with Crippen LogP contribution in [-0.2, 0) is 6.42 Å².